The van der Waals surface area contributed by atoms with Gasteiger partial charge >= 0.3 is 6.61 Å². The minimum Gasteiger partial charge on any atom is -0.366 e. The average molecular weight is 385 g/mol. The molecule has 3 rings (SSSR count). The number of carbonyl (C=O) groups is 2. The van der Waals surface area contributed by atoms with Gasteiger partial charge in [-0.25, -0.2) is 4.39 Å². The van der Waals surface area contributed by atoms with Crippen molar-refractivity contribution >= 4 is 17.5 Å². The van der Waals surface area contributed by atoms with E-state index in [1.807, 2.05) is 11.9 Å². The third-order valence-electron chi connectivity index (χ3n) is 5.15. The first kappa shape index (κ1) is 19.6. The van der Waals surface area contributed by atoms with Crippen LogP contribution in [0.3, 0.4) is 0 Å². The van der Waals surface area contributed by atoms with Crippen molar-refractivity contribution in [2.24, 2.45) is 0 Å². The molecule has 1 aromatic carbocycles. The number of benzene rings is 1. The summed E-state index contributed by atoms with van der Waals surface area (Å²) in [5, 5.41) is 2.27. The van der Waals surface area contributed by atoms with E-state index in [4.69, 9.17) is 0 Å². The van der Waals surface area contributed by atoms with Crippen LogP contribution in [-0.2, 0) is 14.3 Å². The maximum absolute atomic E-state index is 14.7. The summed E-state index contributed by atoms with van der Waals surface area (Å²) in [6.45, 7) is -1.47. The molecular formula is C18H22F3N3O3. The Morgan fingerprint density at radius 2 is 2.07 bits per heavy atom. The van der Waals surface area contributed by atoms with Gasteiger partial charge in [0.15, 0.2) is 0 Å². The maximum Gasteiger partial charge on any atom is 0.345 e. The fraction of sp³-hybridized carbons (Fsp3) is 0.556. The van der Waals surface area contributed by atoms with Gasteiger partial charge in [-0.2, -0.15) is 8.78 Å². The Kier molecular flexibility index (Phi) is 6.01. The first-order valence-electron chi connectivity index (χ1n) is 8.83. The normalized spacial score (nSPS) is 24.4. The number of piperidine rings is 1. The topological polar surface area (TPSA) is 61.9 Å². The standard InChI is InChI=1S/C18H22F3N3O3/c1-23-6-7-24(9-12(23)10-27-18(20)21)15-4-2-11(8-14(15)19)13-3-5-16(25)22-17(13)26/h2,4,8,12-13,18H,3,5-7,9-10H2,1H3,(H,22,25,26). The SMILES string of the molecule is CN1CCN(c2ccc(C3CCC(=O)NC3=O)cc2F)CC1COC(F)F. The monoisotopic (exact) mass is 385 g/mol. The molecule has 2 aliphatic rings. The molecule has 2 amide bonds. The summed E-state index contributed by atoms with van der Waals surface area (Å²) < 4.78 is 43.8. The summed E-state index contributed by atoms with van der Waals surface area (Å²) in [5.41, 5.74) is 0.883. The summed E-state index contributed by atoms with van der Waals surface area (Å²) in [5.74, 6) is -1.76. The van der Waals surface area contributed by atoms with Gasteiger partial charge < -0.3 is 9.64 Å². The second-order valence-electron chi connectivity index (χ2n) is 6.89. The molecule has 27 heavy (non-hydrogen) atoms. The molecule has 2 aliphatic heterocycles. The molecular weight excluding hydrogens is 363 g/mol. The molecule has 0 spiro atoms. The third-order valence-corrected chi connectivity index (χ3v) is 5.15. The molecule has 9 heteroatoms. The number of alkyl halides is 2. The average Bonchev–Trinajstić information content (AvgIpc) is 2.61. The Morgan fingerprint density at radius 3 is 2.74 bits per heavy atom. The fourth-order valence-electron chi connectivity index (χ4n) is 3.54. The van der Waals surface area contributed by atoms with E-state index in [0.717, 1.165) is 0 Å². The Balaban J connectivity index is 1.71. The predicted molar refractivity (Wildman–Crippen MR) is 92.1 cm³/mol. The number of imide groups is 1. The lowest BCUT2D eigenvalue weighted by molar-refractivity contribution is -0.140. The molecule has 2 saturated heterocycles. The van der Waals surface area contributed by atoms with Crippen LogP contribution >= 0.6 is 0 Å². The lowest BCUT2D eigenvalue weighted by atomic mass is 9.90. The van der Waals surface area contributed by atoms with Gasteiger partial charge in [0.05, 0.1) is 24.3 Å². The van der Waals surface area contributed by atoms with Gasteiger partial charge in [-0.15, -0.1) is 0 Å². The van der Waals surface area contributed by atoms with E-state index in [-0.39, 0.29) is 25.0 Å². The number of ether oxygens (including phenoxy) is 1. The summed E-state index contributed by atoms with van der Waals surface area (Å²) in [4.78, 5) is 26.9. The van der Waals surface area contributed by atoms with E-state index in [1.54, 1.807) is 17.0 Å². The number of nitrogens with zero attached hydrogens (tertiary/aromatic N) is 2. The van der Waals surface area contributed by atoms with E-state index in [0.29, 0.717) is 37.3 Å². The Hall–Kier alpha value is -2.13. The van der Waals surface area contributed by atoms with E-state index in [9.17, 15) is 22.8 Å². The van der Waals surface area contributed by atoms with Crippen molar-refractivity contribution < 1.29 is 27.5 Å². The van der Waals surface area contributed by atoms with E-state index in [2.05, 4.69) is 10.1 Å². The van der Waals surface area contributed by atoms with Crippen LogP contribution in [0, 0.1) is 5.82 Å². The van der Waals surface area contributed by atoms with E-state index < -0.39 is 24.3 Å². The highest BCUT2D eigenvalue weighted by Gasteiger charge is 2.30. The molecule has 0 radical (unpaired) electrons. The molecule has 1 aromatic rings. The Morgan fingerprint density at radius 1 is 1.30 bits per heavy atom. The number of anilines is 1. The highest BCUT2D eigenvalue weighted by Crippen LogP contribution is 2.30. The van der Waals surface area contributed by atoms with Crippen LogP contribution in [0.4, 0.5) is 18.9 Å². The Labute approximate surface area is 155 Å². The number of likely N-dealkylation sites (N-methyl/N-ethyl adjacent to an activating group) is 1. The molecule has 2 atom stereocenters. The van der Waals surface area contributed by atoms with Crippen LogP contribution in [0.1, 0.15) is 24.3 Å². The zero-order chi connectivity index (χ0) is 19.6. The largest absolute Gasteiger partial charge is 0.366 e. The number of amides is 2. The minimum absolute atomic E-state index is 0.138. The molecule has 6 nitrogen and oxygen atoms in total. The molecule has 148 valence electrons. The van der Waals surface area contributed by atoms with Crippen LogP contribution < -0.4 is 10.2 Å². The van der Waals surface area contributed by atoms with Crippen molar-refractivity contribution in [3.8, 4) is 0 Å². The zero-order valence-corrected chi connectivity index (χ0v) is 15.0. The summed E-state index contributed by atoms with van der Waals surface area (Å²) in [7, 11) is 1.82. The number of rotatable bonds is 5. The molecule has 1 N–H and O–H groups in total. The van der Waals surface area contributed by atoms with Gasteiger partial charge in [0.1, 0.15) is 5.82 Å². The summed E-state index contributed by atoms with van der Waals surface area (Å²) in [6, 6.07) is 4.33. The van der Waals surface area contributed by atoms with Crippen molar-refractivity contribution in [2.45, 2.75) is 31.4 Å². The second kappa shape index (κ2) is 8.26. The van der Waals surface area contributed by atoms with Gasteiger partial charge in [0.25, 0.3) is 0 Å². The fourth-order valence-corrected chi connectivity index (χ4v) is 3.54. The van der Waals surface area contributed by atoms with Gasteiger partial charge in [-0.05, 0) is 31.2 Å². The lowest BCUT2D eigenvalue weighted by Crippen LogP contribution is -2.53. The van der Waals surface area contributed by atoms with Crippen molar-refractivity contribution in [3.05, 3.63) is 29.6 Å². The van der Waals surface area contributed by atoms with Gasteiger partial charge in [0, 0.05) is 26.1 Å². The Bertz CT molecular complexity index is 716. The highest BCUT2D eigenvalue weighted by atomic mass is 19.3. The van der Waals surface area contributed by atoms with Crippen LogP contribution in [0.25, 0.3) is 0 Å². The van der Waals surface area contributed by atoms with Crippen molar-refractivity contribution in [1.29, 1.82) is 0 Å². The van der Waals surface area contributed by atoms with Crippen molar-refractivity contribution in [2.75, 3.05) is 38.2 Å². The molecule has 0 aliphatic carbocycles. The molecule has 2 unspecified atom stereocenters. The molecule has 0 aromatic heterocycles. The van der Waals surface area contributed by atoms with Crippen molar-refractivity contribution in [1.82, 2.24) is 10.2 Å². The minimum atomic E-state index is -2.83. The predicted octanol–water partition coefficient (Wildman–Crippen LogP) is 1.71. The van der Waals surface area contributed by atoms with Crippen LogP contribution in [0.2, 0.25) is 0 Å². The summed E-state index contributed by atoms with van der Waals surface area (Å²) in [6.07, 6.45) is 0.578. The molecule has 0 saturated carbocycles. The van der Waals surface area contributed by atoms with Crippen LogP contribution in [0.5, 0.6) is 0 Å². The number of hydrogen-bond acceptors (Lipinski definition) is 5. The quantitative estimate of drug-likeness (QED) is 0.782. The smallest absolute Gasteiger partial charge is 0.345 e. The van der Waals surface area contributed by atoms with E-state index >= 15 is 0 Å². The van der Waals surface area contributed by atoms with Crippen LogP contribution in [0.15, 0.2) is 18.2 Å². The van der Waals surface area contributed by atoms with Gasteiger partial charge in [0.2, 0.25) is 11.8 Å². The van der Waals surface area contributed by atoms with E-state index in [1.165, 1.54) is 6.07 Å². The summed E-state index contributed by atoms with van der Waals surface area (Å²) >= 11 is 0. The number of halogens is 3. The first-order valence-corrected chi connectivity index (χ1v) is 8.83. The number of piperazine rings is 1. The van der Waals surface area contributed by atoms with Gasteiger partial charge in [-0.1, -0.05) is 6.07 Å². The van der Waals surface area contributed by atoms with Gasteiger partial charge in [-0.3, -0.25) is 19.8 Å². The van der Waals surface area contributed by atoms with Crippen molar-refractivity contribution in [3.63, 3.8) is 0 Å². The number of hydrogen-bond donors (Lipinski definition) is 1. The molecule has 2 fully saturated rings. The zero-order valence-electron chi connectivity index (χ0n) is 15.0. The molecule has 2 heterocycles. The maximum atomic E-state index is 14.7. The number of nitrogens with one attached hydrogen (secondary N) is 1. The van der Waals surface area contributed by atoms with Crippen LogP contribution in [-0.4, -0.2) is 62.7 Å². The third kappa shape index (κ3) is 4.59. The number of carbonyl (C=O) groups excluding carboxylic acids is 2. The lowest BCUT2D eigenvalue weighted by Gasteiger charge is -2.40. The molecule has 0 bridgehead atoms. The highest BCUT2D eigenvalue weighted by molar-refractivity contribution is 6.00. The first-order chi connectivity index (χ1) is 12.8. The second-order valence-corrected chi connectivity index (χ2v) is 6.89.